The van der Waals surface area contributed by atoms with Crippen LogP contribution in [-0.4, -0.2) is 37.4 Å². The molecule has 1 aromatic carbocycles. The molecule has 1 amide bonds. The van der Waals surface area contributed by atoms with E-state index in [-0.39, 0.29) is 18.1 Å². The lowest BCUT2D eigenvalue weighted by Gasteiger charge is -2.14. The molecule has 1 aromatic rings. The van der Waals surface area contributed by atoms with Crippen LogP contribution in [0.2, 0.25) is 0 Å². The maximum absolute atomic E-state index is 11.5. The second-order valence-corrected chi connectivity index (χ2v) is 7.12. The Balaban J connectivity index is 1.82. The maximum atomic E-state index is 11.5. The molecule has 0 bridgehead atoms. The number of carbonyl (C=O) groups is 1. The van der Waals surface area contributed by atoms with E-state index >= 15 is 0 Å². The first-order chi connectivity index (χ1) is 8.96. The van der Waals surface area contributed by atoms with Crippen molar-refractivity contribution in [2.24, 2.45) is 0 Å². The molecular formula is C12H14ClNO4S. The lowest BCUT2D eigenvalue weighted by Crippen LogP contribution is -2.40. The Morgan fingerprint density at radius 1 is 1.32 bits per heavy atom. The summed E-state index contributed by atoms with van der Waals surface area (Å²) in [5.41, 5.74) is 0.860. The summed E-state index contributed by atoms with van der Waals surface area (Å²) in [5, 5.41) is 1.88. The number of amides is 1. The highest BCUT2D eigenvalue weighted by molar-refractivity contribution is 7.91. The molecule has 1 aliphatic heterocycles. The van der Waals surface area contributed by atoms with Gasteiger partial charge >= 0.3 is 6.09 Å². The van der Waals surface area contributed by atoms with Crippen LogP contribution in [0.25, 0.3) is 0 Å². The van der Waals surface area contributed by atoms with Crippen molar-refractivity contribution in [1.29, 1.82) is 0 Å². The number of benzene rings is 1. The number of nitrogens with one attached hydrogen (secondary N) is 1. The number of sulfone groups is 1. The molecule has 19 heavy (non-hydrogen) atoms. The highest BCUT2D eigenvalue weighted by atomic mass is 35.5. The van der Waals surface area contributed by atoms with Crippen molar-refractivity contribution in [1.82, 2.24) is 5.32 Å². The van der Waals surface area contributed by atoms with Crippen molar-refractivity contribution in [2.75, 3.05) is 11.5 Å². The van der Waals surface area contributed by atoms with Crippen molar-refractivity contribution in [3.63, 3.8) is 0 Å². The van der Waals surface area contributed by atoms with E-state index in [9.17, 15) is 13.2 Å². The SMILES string of the molecule is O=C(NC1CS(=O)(=O)CC1Cl)OCc1ccccc1. The van der Waals surface area contributed by atoms with Crippen LogP contribution < -0.4 is 5.32 Å². The first-order valence-electron chi connectivity index (χ1n) is 5.78. The molecule has 0 saturated carbocycles. The van der Waals surface area contributed by atoms with Gasteiger partial charge in [0.15, 0.2) is 9.84 Å². The van der Waals surface area contributed by atoms with Crippen LogP contribution in [0.15, 0.2) is 30.3 Å². The van der Waals surface area contributed by atoms with Gasteiger partial charge in [-0.1, -0.05) is 30.3 Å². The Kier molecular flexibility index (Phi) is 4.31. The van der Waals surface area contributed by atoms with Crippen molar-refractivity contribution < 1.29 is 17.9 Å². The number of alkyl halides is 1. The number of hydrogen-bond donors (Lipinski definition) is 1. The average molecular weight is 304 g/mol. The molecule has 1 aliphatic rings. The van der Waals surface area contributed by atoms with Gasteiger partial charge in [0.05, 0.1) is 22.9 Å². The maximum Gasteiger partial charge on any atom is 0.407 e. The predicted octanol–water partition coefficient (Wildman–Crippen LogP) is 1.32. The fourth-order valence-corrected chi connectivity index (χ4v) is 4.40. The third kappa shape index (κ3) is 4.11. The minimum atomic E-state index is -3.16. The van der Waals surface area contributed by atoms with E-state index in [1.165, 1.54) is 0 Å². The van der Waals surface area contributed by atoms with Crippen LogP contribution in [0.1, 0.15) is 5.56 Å². The predicted molar refractivity (Wildman–Crippen MR) is 71.8 cm³/mol. The van der Waals surface area contributed by atoms with Gasteiger partial charge in [-0.3, -0.25) is 0 Å². The summed E-state index contributed by atoms with van der Waals surface area (Å²) >= 11 is 5.87. The van der Waals surface area contributed by atoms with Crippen LogP contribution in [0, 0.1) is 0 Å². The highest BCUT2D eigenvalue weighted by Gasteiger charge is 2.37. The van der Waals surface area contributed by atoms with Gasteiger partial charge in [-0.2, -0.15) is 0 Å². The molecular weight excluding hydrogens is 290 g/mol. The Bertz CT molecular complexity index is 546. The van der Waals surface area contributed by atoms with E-state index < -0.39 is 27.3 Å². The third-order valence-corrected chi connectivity index (χ3v) is 5.17. The van der Waals surface area contributed by atoms with E-state index in [0.29, 0.717) is 0 Å². The Hall–Kier alpha value is -1.27. The highest BCUT2D eigenvalue weighted by Crippen LogP contribution is 2.18. The molecule has 0 radical (unpaired) electrons. The topological polar surface area (TPSA) is 72.5 Å². The number of hydrogen-bond acceptors (Lipinski definition) is 4. The molecule has 1 saturated heterocycles. The molecule has 1 heterocycles. The normalized spacial score (nSPS) is 24.9. The molecule has 0 spiro atoms. The Labute approximate surface area is 116 Å². The number of alkyl carbamates (subject to hydrolysis) is 1. The third-order valence-electron chi connectivity index (χ3n) is 2.80. The van der Waals surface area contributed by atoms with E-state index in [1.54, 1.807) is 0 Å². The standard InChI is InChI=1S/C12H14ClNO4S/c13-10-7-19(16,17)8-11(10)14-12(15)18-6-9-4-2-1-3-5-9/h1-5,10-11H,6-8H2,(H,14,15). The number of ether oxygens (including phenoxy) is 1. The zero-order valence-corrected chi connectivity index (χ0v) is 11.7. The Morgan fingerprint density at radius 2 is 2.00 bits per heavy atom. The molecule has 2 atom stereocenters. The second-order valence-electron chi connectivity index (χ2n) is 4.41. The molecule has 1 fully saturated rings. The van der Waals surface area contributed by atoms with Crippen molar-refractivity contribution >= 4 is 27.5 Å². The van der Waals surface area contributed by atoms with Crippen LogP contribution in [0.5, 0.6) is 0 Å². The van der Waals surface area contributed by atoms with Crippen LogP contribution in [0.4, 0.5) is 4.79 Å². The summed E-state index contributed by atoms with van der Waals surface area (Å²) in [6.45, 7) is 0.138. The first-order valence-corrected chi connectivity index (χ1v) is 8.04. The van der Waals surface area contributed by atoms with Gasteiger partial charge in [0.1, 0.15) is 6.61 Å². The fraction of sp³-hybridized carbons (Fsp3) is 0.417. The summed E-state index contributed by atoms with van der Waals surface area (Å²) in [4.78, 5) is 11.5. The zero-order valence-electron chi connectivity index (χ0n) is 10.1. The Morgan fingerprint density at radius 3 is 2.58 bits per heavy atom. The molecule has 5 nitrogen and oxygen atoms in total. The molecule has 0 aromatic heterocycles. The lowest BCUT2D eigenvalue weighted by atomic mass is 10.2. The minimum absolute atomic E-state index is 0.113. The molecule has 1 N–H and O–H groups in total. The number of halogens is 1. The van der Waals surface area contributed by atoms with Gasteiger partial charge in [0, 0.05) is 0 Å². The summed E-state index contributed by atoms with van der Waals surface area (Å²) in [6.07, 6.45) is -0.656. The monoisotopic (exact) mass is 303 g/mol. The minimum Gasteiger partial charge on any atom is -0.445 e. The molecule has 2 unspecified atom stereocenters. The smallest absolute Gasteiger partial charge is 0.407 e. The first kappa shape index (κ1) is 14.1. The summed E-state index contributed by atoms with van der Waals surface area (Å²) in [6, 6.07) is 8.62. The quantitative estimate of drug-likeness (QED) is 0.855. The number of rotatable bonds is 3. The van der Waals surface area contributed by atoms with Gasteiger partial charge in [0.25, 0.3) is 0 Å². The van der Waals surface area contributed by atoms with E-state index in [2.05, 4.69) is 5.32 Å². The van der Waals surface area contributed by atoms with Gasteiger partial charge in [-0.25, -0.2) is 13.2 Å². The molecule has 2 rings (SSSR count). The lowest BCUT2D eigenvalue weighted by molar-refractivity contribution is 0.136. The van der Waals surface area contributed by atoms with Gasteiger partial charge in [-0.05, 0) is 5.56 Å². The van der Waals surface area contributed by atoms with E-state index in [1.807, 2.05) is 30.3 Å². The van der Waals surface area contributed by atoms with Gasteiger partial charge in [-0.15, -0.1) is 11.6 Å². The van der Waals surface area contributed by atoms with Crippen LogP contribution >= 0.6 is 11.6 Å². The van der Waals surface area contributed by atoms with Gasteiger partial charge < -0.3 is 10.1 Å². The van der Waals surface area contributed by atoms with E-state index in [4.69, 9.17) is 16.3 Å². The second kappa shape index (κ2) is 5.79. The summed E-state index contributed by atoms with van der Waals surface area (Å²) < 4.78 is 27.7. The molecule has 104 valence electrons. The van der Waals surface area contributed by atoms with Crippen molar-refractivity contribution in [3.8, 4) is 0 Å². The van der Waals surface area contributed by atoms with Crippen molar-refractivity contribution in [2.45, 2.75) is 18.0 Å². The van der Waals surface area contributed by atoms with Crippen LogP contribution in [0.3, 0.4) is 0 Å². The zero-order chi connectivity index (χ0) is 13.9. The van der Waals surface area contributed by atoms with Crippen molar-refractivity contribution in [3.05, 3.63) is 35.9 Å². The molecule has 7 heteroatoms. The largest absolute Gasteiger partial charge is 0.445 e. The average Bonchev–Trinajstić information content (AvgIpc) is 2.61. The van der Waals surface area contributed by atoms with Gasteiger partial charge in [0.2, 0.25) is 0 Å². The van der Waals surface area contributed by atoms with E-state index in [0.717, 1.165) is 5.56 Å². The summed E-state index contributed by atoms with van der Waals surface area (Å²) in [7, 11) is -3.16. The number of carbonyl (C=O) groups excluding carboxylic acids is 1. The van der Waals surface area contributed by atoms with Crippen LogP contribution in [-0.2, 0) is 21.2 Å². The molecule has 0 aliphatic carbocycles. The fourth-order valence-electron chi connectivity index (χ4n) is 1.85. The summed E-state index contributed by atoms with van der Waals surface area (Å²) in [5.74, 6) is -0.250.